The molecule has 0 bridgehead atoms. The molecule has 1 atom stereocenters. The zero-order chi connectivity index (χ0) is 14.7. The number of likely N-dealkylation sites (N-methyl/N-ethyl adjacent to an activating group) is 1. The van der Waals surface area contributed by atoms with Gasteiger partial charge in [0.25, 0.3) is 0 Å². The number of hydrogen-bond acceptors (Lipinski definition) is 5. The summed E-state index contributed by atoms with van der Waals surface area (Å²) >= 11 is 3.42. The lowest BCUT2D eigenvalue weighted by molar-refractivity contribution is -0.142. The summed E-state index contributed by atoms with van der Waals surface area (Å²) in [5, 5.41) is 0. The highest BCUT2D eigenvalue weighted by atomic mass is 79.9. The molecule has 1 fully saturated rings. The minimum Gasteiger partial charge on any atom is -0.464 e. The molecule has 1 aromatic carbocycles. The standard InChI is InChI=1S/C14H20BrN3O2/c1-10(19)20-9-12-8-18(6-5-17(12)2)14-4-3-11(15)7-13(14)16/h3-4,7,12H,5-6,8-9,16H2,1-2H3. The third-order valence-corrected chi connectivity index (χ3v) is 4.08. The molecule has 110 valence electrons. The van der Waals surface area contributed by atoms with E-state index in [4.69, 9.17) is 10.5 Å². The third-order valence-electron chi connectivity index (χ3n) is 3.59. The van der Waals surface area contributed by atoms with E-state index in [2.05, 4.69) is 32.8 Å². The fraction of sp³-hybridized carbons (Fsp3) is 0.500. The van der Waals surface area contributed by atoms with Crippen molar-refractivity contribution in [2.45, 2.75) is 13.0 Å². The van der Waals surface area contributed by atoms with Gasteiger partial charge in [-0.15, -0.1) is 0 Å². The van der Waals surface area contributed by atoms with Crippen LogP contribution in [-0.2, 0) is 9.53 Å². The van der Waals surface area contributed by atoms with Crippen LogP contribution in [0.25, 0.3) is 0 Å². The second kappa shape index (κ2) is 6.45. The van der Waals surface area contributed by atoms with Crippen LogP contribution in [0.3, 0.4) is 0 Å². The molecule has 0 spiro atoms. The number of esters is 1. The molecular formula is C14H20BrN3O2. The first kappa shape index (κ1) is 15.1. The lowest BCUT2D eigenvalue weighted by Crippen LogP contribution is -2.53. The Hall–Kier alpha value is -1.27. The van der Waals surface area contributed by atoms with Crippen LogP contribution in [0.1, 0.15) is 6.92 Å². The molecule has 1 heterocycles. The Balaban J connectivity index is 2.07. The summed E-state index contributed by atoms with van der Waals surface area (Å²) < 4.78 is 6.12. The Kier molecular flexibility index (Phi) is 4.88. The fourth-order valence-corrected chi connectivity index (χ4v) is 2.75. The first-order valence-corrected chi connectivity index (χ1v) is 7.40. The number of carbonyl (C=O) groups is 1. The largest absolute Gasteiger partial charge is 0.464 e. The minimum absolute atomic E-state index is 0.190. The van der Waals surface area contributed by atoms with Crippen LogP contribution in [-0.4, -0.2) is 50.2 Å². The van der Waals surface area contributed by atoms with Crippen LogP contribution in [0, 0.1) is 0 Å². The van der Waals surface area contributed by atoms with Crippen molar-refractivity contribution < 1.29 is 9.53 Å². The summed E-state index contributed by atoms with van der Waals surface area (Å²) in [7, 11) is 2.05. The van der Waals surface area contributed by atoms with Gasteiger partial charge >= 0.3 is 5.97 Å². The molecule has 1 unspecified atom stereocenters. The van der Waals surface area contributed by atoms with Crippen molar-refractivity contribution in [2.75, 3.05) is 43.9 Å². The van der Waals surface area contributed by atoms with Gasteiger partial charge in [-0.1, -0.05) is 15.9 Å². The predicted octanol–water partition coefficient (Wildman–Crippen LogP) is 1.71. The number of nitrogen functional groups attached to an aromatic ring is 1. The summed E-state index contributed by atoms with van der Waals surface area (Å²) in [6.07, 6.45) is 0. The van der Waals surface area contributed by atoms with Crippen LogP contribution in [0.2, 0.25) is 0 Å². The molecule has 1 aromatic rings. The Bertz CT molecular complexity index is 495. The van der Waals surface area contributed by atoms with E-state index in [1.54, 1.807) is 0 Å². The number of anilines is 2. The smallest absolute Gasteiger partial charge is 0.302 e. The van der Waals surface area contributed by atoms with Crippen LogP contribution >= 0.6 is 15.9 Å². The molecule has 2 rings (SSSR count). The van der Waals surface area contributed by atoms with E-state index in [1.807, 2.05) is 18.2 Å². The van der Waals surface area contributed by atoms with Crippen LogP contribution in [0.5, 0.6) is 0 Å². The topological polar surface area (TPSA) is 58.8 Å². The number of hydrogen-bond donors (Lipinski definition) is 1. The van der Waals surface area contributed by atoms with Crippen molar-refractivity contribution in [3.63, 3.8) is 0 Å². The zero-order valence-electron chi connectivity index (χ0n) is 11.8. The average molecular weight is 342 g/mol. The first-order valence-electron chi connectivity index (χ1n) is 6.61. The molecular weight excluding hydrogens is 322 g/mol. The number of nitrogens with two attached hydrogens (primary N) is 1. The van der Waals surface area contributed by atoms with Gasteiger partial charge in [0.15, 0.2) is 0 Å². The van der Waals surface area contributed by atoms with Gasteiger partial charge < -0.3 is 15.4 Å². The number of nitrogens with zero attached hydrogens (tertiary/aromatic N) is 2. The molecule has 0 aliphatic carbocycles. The second-order valence-corrected chi connectivity index (χ2v) is 6.00. The fourth-order valence-electron chi connectivity index (χ4n) is 2.37. The van der Waals surface area contributed by atoms with Gasteiger partial charge in [0, 0.05) is 31.0 Å². The molecule has 1 aliphatic heterocycles. The van der Waals surface area contributed by atoms with E-state index in [1.165, 1.54) is 6.92 Å². The highest BCUT2D eigenvalue weighted by Gasteiger charge is 2.26. The van der Waals surface area contributed by atoms with E-state index in [0.29, 0.717) is 6.61 Å². The van der Waals surface area contributed by atoms with Gasteiger partial charge in [-0.3, -0.25) is 9.69 Å². The third kappa shape index (κ3) is 3.64. The van der Waals surface area contributed by atoms with Crippen molar-refractivity contribution in [1.29, 1.82) is 0 Å². The number of carbonyl (C=O) groups excluding carboxylic acids is 1. The summed E-state index contributed by atoms with van der Waals surface area (Å²) in [5.41, 5.74) is 7.88. The number of piperazine rings is 1. The maximum Gasteiger partial charge on any atom is 0.302 e. The van der Waals surface area contributed by atoms with E-state index in [-0.39, 0.29) is 12.0 Å². The van der Waals surface area contributed by atoms with Crippen molar-refractivity contribution in [2.24, 2.45) is 0 Å². The molecule has 1 saturated heterocycles. The van der Waals surface area contributed by atoms with Gasteiger partial charge in [0.2, 0.25) is 0 Å². The van der Waals surface area contributed by atoms with Gasteiger partial charge in [-0.05, 0) is 25.2 Å². The van der Waals surface area contributed by atoms with Crippen LogP contribution in [0.4, 0.5) is 11.4 Å². The van der Waals surface area contributed by atoms with Crippen molar-refractivity contribution in [1.82, 2.24) is 4.90 Å². The van der Waals surface area contributed by atoms with Crippen molar-refractivity contribution in [3.05, 3.63) is 22.7 Å². The molecule has 0 radical (unpaired) electrons. The normalized spacial score (nSPS) is 19.9. The van der Waals surface area contributed by atoms with Crippen molar-refractivity contribution >= 4 is 33.3 Å². The van der Waals surface area contributed by atoms with E-state index < -0.39 is 0 Å². The maximum atomic E-state index is 11.0. The summed E-state index contributed by atoms with van der Waals surface area (Å²) in [6.45, 7) is 4.49. The van der Waals surface area contributed by atoms with Crippen LogP contribution < -0.4 is 10.6 Å². The summed E-state index contributed by atoms with van der Waals surface area (Å²) in [4.78, 5) is 15.4. The Morgan fingerprint density at radius 3 is 2.90 bits per heavy atom. The van der Waals surface area contributed by atoms with E-state index in [9.17, 15) is 4.79 Å². The molecule has 6 heteroatoms. The second-order valence-electron chi connectivity index (χ2n) is 5.09. The van der Waals surface area contributed by atoms with Gasteiger partial charge in [-0.25, -0.2) is 0 Å². The lowest BCUT2D eigenvalue weighted by Gasteiger charge is -2.40. The van der Waals surface area contributed by atoms with E-state index in [0.717, 1.165) is 35.5 Å². The Labute approximate surface area is 127 Å². The Morgan fingerprint density at radius 2 is 2.25 bits per heavy atom. The number of benzene rings is 1. The summed E-state index contributed by atoms with van der Waals surface area (Å²) in [6, 6.07) is 6.11. The molecule has 20 heavy (non-hydrogen) atoms. The molecule has 0 aromatic heterocycles. The molecule has 5 nitrogen and oxygen atoms in total. The first-order chi connectivity index (χ1) is 9.47. The number of rotatable bonds is 3. The number of ether oxygens (including phenoxy) is 1. The van der Waals surface area contributed by atoms with Gasteiger partial charge in [-0.2, -0.15) is 0 Å². The van der Waals surface area contributed by atoms with E-state index >= 15 is 0 Å². The summed E-state index contributed by atoms with van der Waals surface area (Å²) in [5.74, 6) is -0.237. The van der Waals surface area contributed by atoms with Crippen LogP contribution in [0.15, 0.2) is 22.7 Å². The zero-order valence-corrected chi connectivity index (χ0v) is 13.4. The molecule has 0 amide bonds. The van der Waals surface area contributed by atoms with Gasteiger partial charge in [0.05, 0.1) is 17.4 Å². The highest BCUT2D eigenvalue weighted by Crippen LogP contribution is 2.28. The Morgan fingerprint density at radius 1 is 1.50 bits per heavy atom. The quantitative estimate of drug-likeness (QED) is 0.670. The SMILES string of the molecule is CC(=O)OCC1CN(c2ccc(Br)cc2N)CCN1C. The van der Waals surface area contributed by atoms with Crippen molar-refractivity contribution in [3.8, 4) is 0 Å². The minimum atomic E-state index is -0.237. The maximum absolute atomic E-state index is 11.0. The monoisotopic (exact) mass is 341 g/mol. The predicted molar refractivity (Wildman–Crippen MR) is 83.8 cm³/mol. The lowest BCUT2D eigenvalue weighted by atomic mass is 10.1. The average Bonchev–Trinajstić information content (AvgIpc) is 2.38. The molecule has 2 N–H and O–H groups in total. The number of halogens is 1. The highest BCUT2D eigenvalue weighted by molar-refractivity contribution is 9.10. The molecule has 0 saturated carbocycles. The molecule has 1 aliphatic rings. The van der Waals surface area contributed by atoms with Gasteiger partial charge in [0.1, 0.15) is 6.61 Å².